The molecule has 1 aliphatic heterocycles. The zero-order valence-corrected chi connectivity index (χ0v) is 15.8. The van der Waals surface area contributed by atoms with Crippen molar-refractivity contribution >= 4 is 21.8 Å². The highest BCUT2D eigenvalue weighted by atomic mass is 79.9. The van der Waals surface area contributed by atoms with E-state index in [2.05, 4.69) is 63.5 Å². The van der Waals surface area contributed by atoms with Crippen LogP contribution in [0.5, 0.6) is 5.75 Å². The molecule has 0 saturated carbocycles. The van der Waals surface area contributed by atoms with E-state index in [9.17, 15) is 0 Å². The number of hydrogen-bond acceptors (Lipinski definition) is 3. The van der Waals surface area contributed by atoms with Crippen molar-refractivity contribution in [3.8, 4) is 5.75 Å². The maximum Gasteiger partial charge on any atom is 0.128 e. The highest BCUT2D eigenvalue weighted by molar-refractivity contribution is 9.10. The minimum Gasteiger partial charge on any atom is -0.496 e. The molecule has 1 atom stereocenters. The number of aliphatic imine (C=N–C) groups is 1. The monoisotopic (exact) mass is 386 g/mol. The Hall–Kier alpha value is -1.81. The molecular weight excluding hydrogens is 364 g/mol. The first-order valence-corrected chi connectivity index (χ1v) is 9.18. The molecule has 24 heavy (non-hydrogen) atoms. The molecule has 3 rings (SSSR count). The number of nitrogens with one attached hydrogen (secondary N) is 1. The second-order valence-electron chi connectivity index (χ2n) is 6.16. The molecule has 1 unspecified atom stereocenters. The summed E-state index contributed by atoms with van der Waals surface area (Å²) in [6.45, 7) is 4.17. The number of methoxy groups -OCH3 is 1. The third kappa shape index (κ3) is 3.81. The van der Waals surface area contributed by atoms with Gasteiger partial charge in [-0.25, -0.2) is 0 Å². The highest BCUT2D eigenvalue weighted by Gasteiger charge is 2.17. The molecule has 0 aliphatic carbocycles. The standard InChI is InChI=1S/C20H23BrN2O/c1-14(12-15-13-16(21)8-9-19(15)24-2)17-6-3-4-7-18(17)20-22-10-5-11-23-20/h3-4,6-9,13-14H,5,10-12H2,1-2H3,(H,22,23). The maximum absolute atomic E-state index is 5.53. The van der Waals surface area contributed by atoms with Crippen LogP contribution >= 0.6 is 15.9 Å². The number of benzene rings is 2. The van der Waals surface area contributed by atoms with Crippen molar-refractivity contribution < 1.29 is 4.74 Å². The van der Waals surface area contributed by atoms with Gasteiger partial charge in [-0.05, 0) is 48.1 Å². The van der Waals surface area contributed by atoms with Gasteiger partial charge in [0.05, 0.1) is 7.11 Å². The smallest absolute Gasteiger partial charge is 0.128 e. The van der Waals surface area contributed by atoms with Crippen LogP contribution in [0.1, 0.15) is 36.0 Å². The molecule has 1 aliphatic rings. The second-order valence-corrected chi connectivity index (χ2v) is 7.07. The van der Waals surface area contributed by atoms with E-state index in [4.69, 9.17) is 4.74 Å². The molecule has 2 aromatic carbocycles. The Morgan fingerprint density at radius 3 is 2.83 bits per heavy atom. The van der Waals surface area contributed by atoms with Gasteiger partial charge in [-0.2, -0.15) is 0 Å². The molecule has 1 N–H and O–H groups in total. The maximum atomic E-state index is 5.53. The van der Waals surface area contributed by atoms with Gasteiger partial charge in [0.2, 0.25) is 0 Å². The van der Waals surface area contributed by atoms with E-state index >= 15 is 0 Å². The predicted molar refractivity (Wildman–Crippen MR) is 103 cm³/mol. The van der Waals surface area contributed by atoms with Crippen LogP contribution in [0.4, 0.5) is 0 Å². The summed E-state index contributed by atoms with van der Waals surface area (Å²) in [5, 5.41) is 3.44. The van der Waals surface area contributed by atoms with Crippen molar-refractivity contribution in [2.45, 2.75) is 25.7 Å². The zero-order chi connectivity index (χ0) is 16.9. The Balaban J connectivity index is 1.90. The lowest BCUT2D eigenvalue weighted by atomic mass is 9.89. The summed E-state index contributed by atoms with van der Waals surface area (Å²) in [4.78, 5) is 4.67. The van der Waals surface area contributed by atoms with Crippen LogP contribution in [-0.2, 0) is 6.42 Å². The van der Waals surface area contributed by atoms with Crippen LogP contribution in [0.3, 0.4) is 0 Å². The minimum absolute atomic E-state index is 0.371. The summed E-state index contributed by atoms with van der Waals surface area (Å²) in [6, 6.07) is 14.8. The molecule has 0 fully saturated rings. The van der Waals surface area contributed by atoms with E-state index in [0.29, 0.717) is 5.92 Å². The molecule has 0 radical (unpaired) electrons. The van der Waals surface area contributed by atoms with Crippen molar-refractivity contribution in [2.24, 2.45) is 4.99 Å². The van der Waals surface area contributed by atoms with Crippen LogP contribution in [0.2, 0.25) is 0 Å². The lowest BCUT2D eigenvalue weighted by Gasteiger charge is -2.21. The lowest BCUT2D eigenvalue weighted by Crippen LogP contribution is -2.31. The fourth-order valence-electron chi connectivity index (χ4n) is 3.20. The number of rotatable bonds is 5. The van der Waals surface area contributed by atoms with E-state index in [1.54, 1.807) is 7.11 Å². The van der Waals surface area contributed by atoms with Crippen LogP contribution in [0, 0.1) is 0 Å². The molecule has 0 aromatic heterocycles. The number of nitrogens with zero attached hydrogens (tertiary/aromatic N) is 1. The first-order valence-electron chi connectivity index (χ1n) is 8.39. The summed E-state index contributed by atoms with van der Waals surface area (Å²) < 4.78 is 6.61. The van der Waals surface area contributed by atoms with E-state index in [0.717, 1.165) is 42.0 Å². The van der Waals surface area contributed by atoms with Crippen LogP contribution < -0.4 is 10.1 Å². The molecule has 0 bridgehead atoms. The van der Waals surface area contributed by atoms with Crippen molar-refractivity contribution in [3.63, 3.8) is 0 Å². The Bertz CT molecular complexity index is 742. The van der Waals surface area contributed by atoms with Crippen molar-refractivity contribution in [1.82, 2.24) is 5.32 Å². The number of halogens is 1. The van der Waals surface area contributed by atoms with Crippen molar-refractivity contribution in [1.29, 1.82) is 0 Å². The normalized spacial score (nSPS) is 15.4. The molecule has 2 aromatic rings. The largest absolute Gasteiger partial charge is 0.496 e. The van der Waals surface area contributed by atoms with Crippen LogP contribution in [0.15, 0.2) is 51.9 Å². The van der Waals surface area contributed by atoms with Gasteiger partial charge in [0.25, 0.3) is 0 Å². The Morgan fingerprint density at radius 2 is 2.08 bits per heavy atom. The van der Waals surface area contributed by atoms with Crippen molar-refractivity contribution in [3.05, 3.63) is 63.6 Å². The summed E-state index contributed by atoms with van der Waals surface area (Å²) in [6.07, 6.45) is 2.03. The van der Waals surface area contributed by atoms with Crippen molar-refractivity contribution in [2.75, 3.05) is 20.2 Å². The third-order valence-corrected chi connectivity index (χ3v) is 4.91. The van der Waals surface area contributed by atoms with E-state index in [-0.39, 0.29) is 0 Å². The summed E-state index contributed by atoms with van der Waals surface area (Å²) in [5.41, 5.74) is 3.76. The third-order valence-electron chi connectivity index (χ3n) is 4.41. The summed E-state index contributed by atoms with van der Waals surface area (Å²) in [5.74, 6) is 2.34. The Labute approximate surface area is 152 Å². The molecule has 126 valence electrons. The molecule has 0 saturated heterocycles. The predicted octanol–water partition coefficient (Wildman–Crippen LogP) is 4.54. The number of hydrogen-bond donors (Lipinski definition) is 1. The summed E-state index contributed by atoms with van der Waals surface area (Å²) >= 11 is 3.56. The quantitative estimate of drug-likeness (QED) is 0.817. The van der Waals surface area contributed by atoms with Gasteiger partial charge < -0.3 is 10.1 Å². The topological polar surface area (TPSA) is 33.6 Å². The van der Waals surface area contributed by atoms with Gasteiger partial charge in [-0.15, -0.1) is 0 Å². The second kappa shape index (κ2) is 7.84. The average molecular weight is 387 g/mol. The Kier molecular flexibility index (Phi) is 5.56. The number of ether oxygens (including phenoxy) is 1. The van der Waals surface area contributed by atoms with E-state index < -0.39 is 0 Å². The molecule has 0 amide bonds. The first kappa shape index (κ1) is 17.0. The lowest BCUT2D eigenvalue weighted by molar-refractivity contribution is 0.408. The van der Waals surface area contributed by atoms with Gasteiger partial charge >= 0.3 is 0 Å². The van der Waals surface area contributed by atoms with Crippen LogP contribution in [0.25, 0.3) is 0 Å². The summed E-state index contributed by atoms with van der Waals surface area (Å²) in [7, 11) is 1.73. The number of amidine groups is 1. The first-order chi connectivity index (χ1) is 11.7. The molecular formula is C20H23BrN2O. The SMILES string of the molecule is COc1ccc(Br)cc1CC(C)c1ccccc1C1=NCCCN1. The fourth-order valence-corrected chi connectivity index (χ4v) is 3.61. The van der Waals surface area contributed by atoms with Gasteiger partial charge in [-0.3, -0.25) is 4.99 Å². The van der Waals surface area contributed by atoms with Gasteiger partial charge in [0.1, 0.15) is 11.6 Å². The fraction of sp³-hybridized carbons (Fsp3) is 0.350. The van der Waals surface area contributed by atoms with E-state index in [1.807, 2.05) is 12.1 Å². The van der Waals surface area contributed by atoms with Gasteiger partial charge in [-0.1, -0.05) is 47.1 Å². The van der Waals surface area contributed by atoms with Crippen LogP contribution in [-0.4, -0.2) is 26.0 Å². The Morgan fingerprint density at radius 1 is 1.25 bits per heavy atom. The zero-order valence-electron chi connectivity index (χ0n) is 14.2. The highest BCUT2D eigenvalue weighted by Crippen LogP contribution is 2.30. The molecule has 1 heterocycles. The molecule has 0 spiro atoms. The van der Waals surface area contributed by atoms with Gasteiger partial charge in [0.15, 0.2) is 0 Å². The van der Waals surface area contributed by atoms with Gasteiger partial charge in [0, 0.05) is 23.1 Å². The van der Waals surface area contributed by atoms with E-state index in [1.165, 1.54) is 16.7 Å². The minimum atomic E-state index is 0.371. The average Bonchev–Trinajstić information content (AvgIpc) is 2.62. The molecule has 4 heteroatoms. The molecule has 3 nitrogen and oxygen atoms in total.